The van der Waals surface area contributed by atoms with Gasteiger partial charge in [0.2, 0.25) is 11.8 Å². The van der Waals surface area contributed by atoms with Crippen molar-refractivity contribution in [1.29, 1.82) is 0 Å². The van der Waals surface area contributed by atoms with Crippen LogP contribution in [0.1, 0.15) is 6.42 Å². The van der Waals surface area contributed by atoms with Crippen LogP contribution in [0, 0.1) is 11.2 Å². The number of ether oxygens (including phenoxy) is 1. The highest BCUT2D eigenvalue weighted by Gasteiger charge is 2.53. The highest BCUT2D eigenvalue weighted by Crippen LogP contribution is 2.45. The minimum Gasteiger partial charge on any atom is -0.494 e. The van der Waals surface area contributed by atoms with E-state index in [1.54, 1.807) is 34.1 Å². The van der Waals surface area contributed by atoms with Crippen molar-refractivity contribution in [2.75, 3.05) is 37.0 Å². The van der Waals surface area contributed by atoms with E-state index in [2.05, 4.69) is 21.9 Å². The average Bonchev–Trinajstić information content (AvgIpc) is 3.17. The van der Waals surface area contributed by atoms with Crippen LogP contribution in [0.5, 0.6) is 5.75 Å². The second-order valence-electron chi connectivity index (χ2n) is 8.54. The number of carbonyl (C=O) groups excluding carboxylic acids is 2. The number of rotatable bonds is 5. The van der Waals surface area contributed by atoms with E-state index < -0.39 is 5.82 Å². The van der Waals surface area contributed by atoms with Gasteiger partial charge < -0.3 is 19.9 Å². The summed E-state index contributed by atoms with van der Waals surface area (Å²) in [5.74, 6) is 0.0547. The first kappa shape index (κ1) is 22.1. The number of aromatic nitrogens is 2. The molecule has 10 heteroatoms. The molecule has 0 saturated carbocycles. The third kappa shape index (κ3) is 3.62. The predicted molar refractivity (Wildman–Crippen MR) is 127 cm³/mol. The average molecular weight is 482 g/mol. The Morgan fingerprint density at radius 1 is 1.29 bits per heavy atom. The van der Waals surface area contributed by atoms with Gasteiger partial charge in [-0.3, -0.25) is 9.59 Å². The molecule has 2 aliphatic rings. The van der Waals surface area contributed by atoms with Crippen LogP contribution in [0.4, 0.5) is 21.6 Å². The lowest BCUT2D eigenvalue weighted by Crippen LogP contribution is -2.59. The van der Waals surface area contributed by atoms with E-state index >= 15 is 0 Å². The van der Waals surface area contributed by atoms with Gasteiger partial charge in [-0.05, 0) is 24.3 Å². The fourth-order valence-electron chi connectivity index (χ4n) is 4.65. The number of likely N-dealkylation sites (tertiary alicyclic amines) is 1. The summed E-state index contributed by atoms with van der Waals surface area (Å²) < 4.78 is 20.1. The van der Waals surface area contributed by atoms with Gasteiger partial charge in [-0.2, -0.15) is 0 Å². The molecule has 2 aliphatic heterocycles. The summed E-state index contributed by atoms with van der Waals surface area (Å²) in [6.45, 7) is 4.97. The smallest absolute Gasteiger partial charge is 0.245 e. The van der Waals surface area contributed by atoms with E-state index in [9.17, 15) is 14.0 Å². The number of amides is 2. The molecule has 0 unspecified atom stereocenters. The molecule has 0 atom stereocenters. The molecule has 1 spiro atoms. The molecule has 0 aliphatic carbocycles. The normalized spacial score (nSPS) is 16.6. The van der Waals surface area contributed by atoms with E-state index in [-0.39, 0.29) is 27.9 Å². The van der Waals surface area contributed by atoms with Crippen LogP contribution in [0.25, 0.3) is 10.9 Å². The number of hydrogen-bond acceptors (Lipinski definition) is 6. The summed E-state index contributed by atoms with van der Waals surface area (Å²) in [5.41, 5.74) is 0.999. The van der Waals surface area contributed by atoms with Crippen molar-refractivity contribution in [2.24, 2.45) is 5.41 Å². The summed E-state index contributed by atoms with van der Waals surface area (Å²) in [4.78, 5) is 36.8. The Hall–Kier alpha value is -3.72. The molecule has 34 heavy (non-hydrogen) atoms. The van der Waals surface area contributed by atoms with E-state index in [0.717, 1.165) is 0 Å². The number of halogens is 2. The third-order valence-corrected chi connectivity index (χ3v) is 6.58. The molecule has 1 aromatic heterocycles. The molecule has 2 aromatic carbocycles. The van der Waals surface area contributed by atoms with Crippen molar-refractivity contribution in [1.82, 2.24) is 14.9 Å². The van der Waals surface area contributed by atoms with Crippen LogP contribution in [0.15, 0.2) is 49.3 Å². The summed E-state index contributed by atoms with van der Waals surface area (Å²) >= 11 is 5.91. The van der Waals surface area contributed by atoms with Crippen molar-refractivity contribution in [3.05, 3.63) is 60.2 Å². The van der Waals surface area contributed by atoms with Gasteiger partial charge in [0, 0.05) is 42.9 Å². The largest absolute Gasteiger partial charge is 0.494 e. The topological polar surface area (TPSA) is 87.7 Å². The lowest BCUT2D eigenvalue weighted by molar-refractivity contribution is -0.138. The van der Waals surface area contributed by atoms with Gasteiger partial charge in [-0.1, -0.05) is 24.2 Å². The first-order valence-corrected chi connectivity index (χ1v) is 11.0. The van der Waals surface area contributed by atoms with Gasteiger partial charge in [0.25, 0.3) is 0 Å². The van der Waals surface area contributed by atoms with Crippen LogP contribution in [-0.4, -0.2) is 53.4 Å². The van der Waals surface area contributed by atoms with Gasteiger partial charge in [0.15, 0.2) is 5.82 Å². The monoisotopic (exact) mass is 481 g/mol. The van der Waals surface area contributed by atoms with Crippen LogP contribution in [-0.2, 0) is 9.59 Å². The van der Waals surface area contributed by atoms with Gasteiger partial charge >= 0.3 is 0 Å². The molecule has 2 fully saturated rings. The van der Waals surface area contributed by atoms with Gasteiger partial charge in [0.05, 0.1) is 29.0 Å². The first-order valence-electron chi connectivity index (χ1n) is 10.6. The van der Waals surface area contributed by atoms with E-state index in [0.29, 0.717) is 54.2 Å². The molecule has 1 N–H and O–H groups in total. The quantitative estimate of drug-likeness (QED) is 0.556. The van der Waals surface area contributed by atoms with Gasteiger partial charge in [-0.25, -0.2) is 14.4 Å². The summed E-state index contributed by atoms with van der Waals surface area (Å²) in [7, 11) is 1.52. The van der Waals surface area contributed by atoms with Crippen LogP contribution in [0.3, 0.4) is 0 Å². The summed E-state index contributed by atoms with van der Waals surface area (Å²) in [6, 6.07) is 8.13. The van der Waals surface area contributed by atoms with Gasteiger partial charge in [0.1, 0.15) is 17.9 Å². The predicted octanol–water partition coefficient (Wildman–Crippen LogP) is 3.93. The highest BCUT2D eigenvalue weighted by molar-refractivity contribution is 6.31. The molecule has 0 radical (unpaired) electrons. The molecule has 3 aromatic rings. The van der Waals surface area contributed by atoms with Crippen LogP contribution >= 0.6 is 11.6 Å². The second-order valence-corrected chi connectivity index (χ2v) is 8.95. The zero-order valence-electron chi connectivity index (χ0n) is 18.3. The molecule has 5 rings (SSSR count). The third-order valence-electron chi connectivity index (χ3n) is 6.29. The minimum atomic E-state index is -0.593. The zero-order chi connectivity index (χ0) is 24.0. The molecular weight excluding hydrogens is 461 g/mol. The Balaban J connectivity index is 1.51. The second kappa shape index (κ2) is 8.25. The lowest BCUT2D eigenvalue weighted by atomic mass is 9.79. The first-order chi connectivity index (χ1) is 16.3. The molecule has 174 valence electrons. The molecule has 2 amide bonds. The number of anilines is 3. The highest BCUT2D eigenvalue weighted by atomic mass is 35.5. The molecule has 2 saturated heterocycles. The van der Waals surface area contributed by atoms with Crippen LogP contribution in [0.2, 0.25) is 5.02 Å². The molecular formula is C24H21ClFN5O3. The standard InChI is InChI=1S/C24H21ClFN5O3/c1-3-20(32)30-10-24(11-30)9-21(33)31(12-24)18-7-14-17(8-19(18)34-2)27-13-28-23(14)29-16-6-4-5-15(25)22(16)26/h3-8,13H,1,9-12H2,2H3,(H,27,28,29). The Labute approximate surface area is 200 Å². The van der Waals surface area contributed by atoms with Crippen molar-refractivity contribution in [3.8, 4) is 5.75 Å². The van der Waals surface area contributed by atoms with Crippen molar-refractivity contribution in [3.63, 3.8) is 0 Å². The van der Waals surface area contributed by atoms with E-state index in [1.165, 1.54) is 25.6 Å². The Morgan fingerprint density at radius 2 is 2.09 bits per heavy atom. The summed E-state index contributed by atoms with van der Waals surface area (Å²) in [6.07, 6.45) is 2.98. The fraction of sp³-hybridized carbons (Fsp3) is 0.250. The molecule has 8 nitrogen and oxygen atoms in total. The number of benzene rings is 2. The SMILES string of the molecule is C=CC(=O)N1CC2(CC(=O)N(c3cc4c(Nc5cccc(Cl)c5F)ncnc4cc3OC)C2)C1. The molecule has 0 bridgehead atoms. The van der Waals surface area contributed by atoms with Crippen molar-refractivity contribution >= 4 is 51.5 Å². The Bertz CT molecular complexity index is 1340. The van der Waals surface area contributed by atoms with Crippen molar-refractivity contribution < 1.29 is 18.7 Å². The number of carbonyl (C=O) groups is 2. The Kier molecular flexibility index (Phi) is 5.36. The minimum absolute atomic E-state index is 0.0110. The lowest BCUT2D eigenvalue weighted by Gasteiger charge is -2.47. The zero-order valence-corrected chi connectivity index (χ0v) is 19.1. The maximum Gasteiger partial charge on any atom is 0.245 e. The maximum atomic E-state index is 14.5. The van der Waals surface area contributed by atoms with E-state index in [4.69, 9.17) is 16.3 Å². The molecule has 3 heterocycles. The number of nitrogens with one attached hydrogen (secondary N) is 1. The van der Waals surface area contributed by atoms with Gasteiger partial charge in [-0.15, -0.1) is 0 Å². The number of hydrogen-bond donors (Lipinski definition) is 1. The Morgan fingerprint density at radius 3 is 2.82 bits per heavy atom. The number of nitrogens with zero attached hydrogens (tertiary/aromatic N) is 4. The summed E-state index contributed by atoms with van der Waals surface area (Å²) in [5, 5.41) is 3.55. The van der Waals surface area contributed by atoms with Crippen LogP contribution < -0.4 is 15.0 Å². The number of methoxy groups -OCH3 is 1. The fourth-order valence-corrected chi connectivity index (χ4v) is 4.82. The van der Waals surface area contributed by atoms with Crippen molar-refractivity contribution in [2.45, 2.75) is 6.42 Å². The van der Waals surface area contributed by atoms with E-state index in [1.807, 2.05) is 0 Å². The maximum absolute atomic E-state index is 14.5. The number of fused-ring (bicyclic) bond motifs is 1.